The monoisotopic (exact) mass is 317 g/mol. The second-order valence-electron chi connectivity index (χ2n) is 7.11. The van der Waals surface area contributed by atoms with E-state index in [-0.39, 0.29) is 17.9 Å². The molecule has 1 aliphatic carbocycles. The molecule has 2 N–H and O–H groups in total. The van der Waals surface area contributed by atoms with E-state index < -0.39 is 23.2 Å². The number of nitrogens with one attached hydrogen (secondary N) is 1. The number of benzene rings is 1. The van der Waals surface area contributed by atoms with E-state index in [0.717, 1.165) is 12.0 Å². The number of aliphatic carboxylic acids is 1. The van der Waals surface area contributed by atoms with Gasteiger partial charge in [0.1, 0.15) is 0 Å². The van der Waals surface area contributed by atoms with E-state index in [4.69, 9.17) is 4.74 Å². The Morgan fingerprint density at radius 2 is 1.96 bits per heavy atom. The molecule has 0 unspecified atom stereocenters. The van der Waals surface area contributed by atoms with Crippen LogP contribution in [0.1, 0.15) is 31.9 Å². The van der Waals surface area contributed by atoms with Crippen LogP contribution in [0.4, 0.5) is 0 Å². The molecule has 4 atom stereocenters. The van der Waals surface area contributed by atoms with E-state index >= 15 is 0 Å². The van der Waals surface area contributed by atoms with Gasteiger partial charge in [-0.05, 0) is 17.4 Å². The summed E-state index contributed by atoms with van der Waals surface area (Å²) in [6, 6.07) is 10.0. The van der Waals surface area contributed by atoms with Gasteiger partial charge in [-0.2, -0.15) is 0 Å². The highest BCUT2D eigenvalue weighted by Crippen LogP contribution is 2.58. The fraction of sp³-hybridized carbons (Fsp3) is 0.556. The van der Waals surface area contributed by atoms with Crippen molar-refractivity contribution in [1.82, 2.24) is 5.32 Å². The summed E-state index contributed by atoms with van der Waals surface area (Å²) in [7, 11) is 0. The molecule has 0 spiro atoms. The van der Waals surface area contributed by atoms with Crippen LogP contribution in [0.25, 0.3) is 0 Å². The van der Waals surface area contributed by atoms with Gasteiger partial charge in [0.2, 0.25) is 5.91 Å². The van der Waals surface area contributed by atoms with Crippen LogP contribution >= 0.6 is 0 Å². The van der Waals surface area contributed by atoms with Crippen molar-refractivity contribution in [3.63, 3.8) is 0 Å². The third kappa shape index (κ3) is 2.98. The molecule has 5 heteroatoms. The lowest BCUT2D eigenvalue weighted by Gasteiger charge is -2.19. The van der Waals surface area contributed by atoms with Crippen molar-refractivity contribution in [2.45, 2.75) is 26.4 Å². The van der Waals surface area contributed by atoms with Crippen molar-refractivity contribution >= 4 is 11.9 Å². The highest BCUT2D eigenvalue weighted by molar-refractivity contribution is 5.91. The van der Waals surface area contributed by atoms with Crippen LogP contribution in [-0.4, -0.2) is 30.1 Å². The van der Waals surface area contributed by atoms with Gasteiger partial charge < -0.3 is 15.2 Å². The smallest absolute Gasteiger partial charge is 0.307 e. The minimum Gasteiger partial charge on any atom is -0.481 e. The van der Waals surface area contributed by atoms with E-state index in [1.54, 1.807) is 0 Å². The second kappa shape index (κ2) is 5.96. The van der Waals surface area contributed by atoms with Crippen LogP contribution in [0.15, 0.2) is 30.3 Å². The summed E-state index contributed by atoms with van der Waals surface area (Å²) in [5, 5.41) is 12.1. The van der Waals surface area contributed by atoms with E-state index in [0.29, 0.717) is 13.2 Å². The van der Waals surface area contributed by atoms with Crippen LogP contribution in [-0.2, 0) is 14.3 Å². The summed E-state index contributed by atoms with van der Waals surface area (Å²) in [4.78, 5) is 23.5. The summed E-state index contributed by atoms with van der Waals surface area (Å²) in [6.45, 7) is 4.88. The quantitative estimate of drug-likeness (QED) is 0.873. The van der Waals surface area contributed by atoms with Crippen LogP contribution in [0.2, 0.25) is 0 Å². The molecule has 3 rings (SSSR count). The van der Waals surface area contributed by atoms with Gasteiger partial charge in [0.25, 0.3) is 0 Å². The Balaban J connectivity index is 1.58. The first kappa shape index (κ1) is 16.0. The van der Waals surface area contributed by atoms with Gasteiger partial charge in [0.15, 0.2) is 0 Å². The summed E-state index contributed by atoms with van der Waals surface area (Å²) in [5.41, 5.74) is 0.667. The van der Waals surface area contributed by atoms with Crippen molar-refractivity contribution in [2.24, 2.45) is 23.2 Å². The van der Waals surface area contributed by atoms with Crippen LogP contribution in [0.5, 0.6) is 0 Å². The molecule has 1 saturated heterocycles. The summed E-state index contributed by atoms with van der Waals surface area (Å²) in [5.74, 6) is -1.82. The lowest BCUT2D eigenvalue weighted by atomic mass is 9.95. The predicted octanol–water partition coefficient (Wildman–Crippen LogP) is 2.24. The topological polar surface area (TPSA) is 75.6 Å². The molecule has 0 radical (unpaired) electrons. The van der Waals surface area contributed by atoms with Gasteiger partial charge in [-0.25, -0.2) is 0 Å². The Morgan fingerprint density at radius 1 is 1.26 bits per heavy atom. The molecule has 23 heavy (non-hydrogen) atoms. The number of carbonyl (C=O) groups excluding carboxylic acids is 1. The zero-order valence-corrected chi connectivity index (χ0v) is 13.5. The summed E-state index contributed by atoms with van der Waals surface area (Å²) >= 11 is 0. The molecule has 1 amide bonds. The fourth-order valence-electron chi connectivity index (χ4n) is 3.78. The fourth-order valence-corrected chi connectivity index (χ4v) is 3.78. The molecule has 2 fully saturated rings. The second-order valence-corrected chi connectivity index (χ2v) is 7.11. The molecular weight excluding hydrogens is 294 g/mol. The number of rotatable bonds is 5. The van der Waals surface area contributed by atoms with Gasteiger partial charge in [0, 0.05) is 19.1 Å². The SMILES string of the molecule is CC1(C)[C@H](C(=O)O)[C@@H]1C(=O)NC[C@H]1CCO[C@@H]1c1ccccc1. The molecule has 1 heterocycles. The Kier molecular flexibility index (Phi) is 4.15. The summed E-state index contributed by atoms with van der Waals surface area (Å²) < 4.78 is 5.81. The van der Waals surface area contributed by atoms with E-state index in [1.807, 2.05) is 44.2 Å². The standard InChI is InChI=1S/C18H23NO4/c1-18(2)13(14(18)17(21)22)16(20)19-10-12-8-9-23-15(12)11-6-4-3-5-7-11/h3-7,12-15H,8-10H2,1-2H3,(H,19,20)(H,21,22)/t12-,13-,14+,15-/m1/s1. The molecule has 5 nitrogen and oxygen atoms in total. The molecule has 1 aromatic carbocycles. The minimum atomic E-state index is -0.887. The molecule has 1 saturated carbocycles. The van der Waals surface area contributed by atoms with Crippen molar-refractivity contribution < 1.29 is 19.4 Å². The van der Waals surface area contributed by atoms with Crippen molar-refractivity contribution in [1.29, 1.82) is 0 Å². The van der Waals surface area contributed by atoms with Gasteiger partial charge >= 0.3 is 5.97 Å². The van der Waals surface area contributed by atoms with E-state index in [1.165, 1.54) is 0 Å². The molecule has 2 aliphatic rings. The van der Waals surface area contributed by atoms with Crippen LogP contribution in [0, 0.1) is 23.2 Å². The maximum Gasteiger partial charge on any atom is 0.307 e. The first-order valence-electron chi connectivity index (χ1n) is 8.10. The number of amides is 1. The van der Waals surface area contributed by atoms with Gasteiger partial charge in [-0.3, -0.25) is 9.59 Å². The van der Waals surface area contributed by atoms with Gasteiger partial charge in [0.05, 0.1) is 17.9 Å². The number of carboxylic acid groups (broad SMARTS) is 1. The number of hydrogen-bond donors (Lipinski definition) is 2. The molecule has 1 aliphatic heterocycles. The zero-order chi connectivity index (χ0) is 16.6. The number of carbonyl (C=O) groups is 2. The lowest BCUT2D eigenvalue weighted by molar-refractivity contribution is -0.140. The number of hydrogen-bond acceptors (Lipinski definition) is 3. The Morgan fingerprint density at radius 3 is 2.57 bits per heavy atom. The van der Waals surface area contributed by atoms with Crippen LogP contribution < -0.4 is 5.32 Å². The Bertz CT molecular complexity index is 598. The zero-order valence-electron chi connectivity index (χ0n) is 13.5. The first-order chi connectivity index (χ1) is 10.9. The van der Waals surface area contributed by atoms with Crippen LogP contribution in [0.3, 0.4) is 0 Å². The number of carboxylic acids is 1. The normalized spacial score (nSPS) is 31.6. The van der Waals surface area contributed by atoms with Crippen molar-refractivity contribution in [2.75, 3.05) is 13.2 Å². The number of ether oxygens (including phenoxy) is 1. The molecule has 0 aromatic heterocycles. The lowest BCUT2D eigenvalue weighted by Crippen LogP contribution is -2.33. The molecular formula is C18H23NO4. The van der Waals surface area contributed by atoms with Crippen molar-refractivity contribution in [3.05, 3.63) is 35.9 Å². The third-order valence-corrected chi connectivity index (χ3v) is 5.26. The maximum atomic E-state index is 12.3. The largest absolute Gasteiger partial charge is 0.481 e. The van der Waals surface area contributed by atoms with Crippen molar-refractivity contribution in [3.8, 4) is 0 Å². The predicted molar refractivity (Wildman–Crippen MR) is 84.6 cm³/mol. The van der Waals surface area contributed by atoms with Gasteiger partial charge in [-0.15, -0.1) is 0 Å². The third-order valence-electron chi connectivity index (χ3n) is 5.26. The minimum absolute atomic E-state index is 0.000941. The molecule has 124 valence electrons. The average molecular weight is 317 g/mol. The molecule has 1 aromatic rings. The summed E-state index contributed by atoms with van der Waals surface area (Å²) in [6.07, 6.45) is 0.898. The highest BCUT2D eigenvalue weighted by atomic mass is 16.5. The van der Waals surface area contributed by atoms with Gasteiger partial charge in [-0.1, -0.05) is 44.2 Å². The van der Waals surface area contributed by atoms with E-state index in [2.05, 4.69) is 5.32 Å². The average Bonchev–Trinajstić information content (AvgIpc) is 2.88. The van der Waals surface area contributed by atoms with E-state index in [9.17, 15) is 14.7 Å². The molecule has 0 bridgehead atoms. The Hall–Kier alpha value is -1.88. The highest BCUT2D eigenvalue weighted by Gasteiger charge is 2.65. The Labute approximate surface area is 136 Å². The first-order valence-corrected chi connectivity index (χ1v) is 8.10. The maximum absolute atomic E-state index is 12.3.